The fourth-order valence-corrected chi connectivity index (χ4v) is 3.33. The number of thioether (sulfide) groups is 1. The van der Waals surface area contributed by atoms with Crippen molar-refractivity contribution in [3.8, 4) is 0 Å². The number of benzene rings is 2. The molecule has 0 saturated carbocycles. The minimum Gasteiger partial charge on any atom is -0.478 e. The predicted molar refractivity (Wildman–Crippen MR) is 101 cm³/mol. The summed E-state index contributed by atoms with van der Waals surface area (Å²) in [6.45, 7) is -0.570. The van der Waals surface area contributed by atoms with E-state index in [0.717, 1.165) is 4.90 Å². The molecule has 142 valence electrons. The predicted octanol–water partition coefficient (Wildman–Crippen LogP) is 3.20. The molecular weight excluding hydrogens is 387 g/mol. The van der Waals surface area contributed by atoms with Gasteiger partial charge in [0.15, 0.2) is 0 Å². The van der Waals surface area contributed by atoms with E-state index in [2.05, 4.69) is 5.32 Å². The maximum atomic E-state index is 13.3. The van der Waals surface area contributed by atoms with Gasteiger partial charge < -0.3 is 10.4 Å². The lowest BCUT2D eigenvalue weighted by Crippen LogP contribution is -2.36. The number of amides is 3. The van der Waals surface area contributed by atoms with E-state index in [1.165, 1.54) is 42.5 Å². The van der Waals surface area contributed by atoms with Gasteiger partial charge in [-0.2, -0.15) is 0 Å². The molecule has 9 heteroatoms. The van der Waals surface area contributed by atoms with Gasteiger partial charge in [-0.15, -0.1) is 0 Å². The van der Waals surface area contributed by atoms with Crippen molar-refractivity contribution in [2.24, 2.45) is 0 Å². The van der Waals surface area contributed by atoms with Gasteiger partial charge in [-0.25, -0.2) is 9.18 Å². The number of carbonyl (C=O) groups is 4. The number of hydrogen-bond acceptors (Lipinski definition) is 5. The van der Waals surface area contributed by atoms with E-state index < -0.39 is 35.4 Å². The maximum absolute atomic E-state index is 13.3. The number of imide groups is 1. The van der Waals surface area contributed by atoms with Crippen LogP contribution in [-0.2, 0) is 9.59 Å². The van der Waals surface area contributed by atoms with Crippen LogP contribution in [0, 0.1) is 5.82 Å². The van der Waals surface area contributed by atoms with Crippen molar-refractivity contribution in [2.45, 2.75) is 0 Å². The molecule has 0 bridgehead atoms. The molecule has 2 aromatic carbocycles. The Bertz CT molecular complexity index is 1020. The molecule has 0 unspecified atom stereocenters. The van der Waals surface area contributed by atoms with Crippen molar-refractivity contribution in [1.29, 1.82) is 0 Å². The molecule has 1 aliphatic rings. The van der Waals surface area contributed by atoms with Crippen molar-refractivity contribution >= 4 is 46.5 Å². The molecule has 1 heterocycles. The zero-order chi connectivity index (χ0) is 20.3. The fraction of sp³-hybridized carbons (Fsp3) is 0.0526. The number of nitrogens with one attached hydrogen (secondary N) is 1. The second kappa shape index (κ2) is 8.05. The molecule has 3 rings (SSSR count). The van der Waals surface area contributed by atoms with Gasteiger partial charge in [-0.3, -0.25) is 19.3 Å². The monoisotopic (exact) mass is 400 g/mol. The standard InChI is InChI=1S/C19H13FN2O5S/c20-12-5-3-4-11(8-12)9-15-17(24)22(19(27)28-15)10-16(23)21-14-7-2-1-6-13(14)18(25)26/h1-9H,10H2,(H,21,23)(H,25,26)/b15-9-. The first-order valence-electron chi connectivity index (χ1n) is 7.98. The number of hydrogen-bond donors (Lipinski definition) is 2. The van der Waals surface area contributed by atoms with Crippen LogP contribution in [0.15, 0.2) is 53.4 Å². The average Bonchev–Trinajstić information content (AvgIpc) is 2.89. The average molecular weight is 400 g/mol. The Morgan fingerprint density at radius 2 is 1.89 bits per heavy atom. The van der Waals surface area contributed by atoms with Crippen LogP contribution in [0.1, 0.15) is 15.9 Å². The summed E-state index contributed by atoms with van der Waals surface area (Å²) in [4.78, 5) is 48.7. The molecule has 1 fully saturated rings. The molecule has 0 atom stereocenters. The van der Waals surface area contributed by atoms with Gasteiger partial charge in [0.1, 0.15) is 12.4 Å². The van der Waals surface area contributed by atoms with Gasteiger partial charge in [0.25, 0.3) is 11.1 Å². The number of nitrogens with zero attached hydrogens (tertiary/aromatic N) is 1. The molecule has 0 radical (unpaired) electrons. The smallest absolute Gasteiger partial charge is 0.337 e. The summed E-state index contributed by atoms with van der Waals surface area (Å²) in [6, 6.07) is 11.3. The summed E-state index contributed by atoms with van der Waals surface area (Å²) >= 11 is 0.641. The van der Waals surface area contributed by atoms with Crippen LogP contribution in [0.3, 0.4) is 0 Å². The number of rotatable bonds is 5. The molecule has 2 aromatic rings. The zero-order valence-electron chi connectivity index (χ0n) is 14.2. The molecule has 1 aliphatic heterocycles. The third-order valence-electron chi connectivity index (χ3n) is 3.75. The van der Waals surface area contributed by atoms with Crippen molar-refractivity contribution in [3.63, 3.8) is 0 Å². The lowest BCUT2D eigenvalue weighted by atomic mass is 10.2. The van der Waals surface area contributed by atoms with Crippen molar-refractivity contribution in [1.82, 2.24) is 4.90 Å². The van der Waals surface area contributed by atoms with Crippen LogP contribution in [0.25, 0.3) is 6.08 Å². The van der Waals surface area contributed by atoms with Gasteiger partial charge >= 0.3 is 5.97 Å². The van der Waals surface area contributed by atoms with Crippen molar-refractivity contribution in [2.75, 3.05) is 11.9 Å². The Morgan fingerprint density at radius 1 is 1.14 bits per heavy atom. The summed E-state index contributed by atoms with van der Waals surface area (Å²) in [7, 11) is 0. The summed E-state index contributed by atoms with van der Waals surface area (Å²) < 4.78 is 13.3. The highest BCUT2D eigenvalue weighted by Gasteiger charge is 2.36. The van der Waals surface area contributed by atoms with Crippen molar-refractivity contribution < 1.29 is 28.7 Å². The SMILES string of the molecule is O=C(CN1C(=O)S/C(=C\c2cccc(F)c2)C1=O)Nc1ccccc1C(=O)O. The summed E-state index contributed by atoms with van der Waals surface area (Å²) in [5.74, 6) is -3.10. The first-order chi connectivity index (χ1) is 13.3. The van der Waals surface area contributed by atoms with E-state index >= 15 is 0 Å². The molecule has 7 nitrogen and oxygen atoms in total. The maximum Gasteiger partial charge on any atom is 0.337 e. The number of carboxylic acids is 1. The van der Waals surface area contributed by atoms with Gasteiger partial charge in [0.05, 0.1) is 16.2 Å². The Labute approximate surface area is 162 Å². The Kier molecular flexibility index (Phi) is 5.55. The number of aromatic carboxylic acids is 1. The van der Waals surface area contributed by atoms with Crippen LogP contribution < -0.4 is 5.32 Å². The Balaban J connectivity index is 1.73. The molecule has 3 amide bonds. The van der Waals surface area contributed by atoms with Crippen LogP contribution >= 0.6 is 11.8 Å². The third kappa shape index (κ3) is 4.26. The quantitative estimate of drug-likeness (QED) is 0.747. The van der Waals surface area contributed by atoms with Crippen LogP contribution in [0.2, 0.25) is 0 Å². The van der Waals surface area contributed by atoms with Crippen LogP contribution in [-0.4, -0.2) is 39.6 Å². The Hall–Kier alpha value is -3.46. The van der Waals surface area contributed by atoms with E-state index in [1.807, 2.05) is 0 Å². The summed E-state index contributed by atoms with van der Waals surface area (Å²) in [6.07, 6.45) is 1.37. The molecule has 28 heavy (non-hydrogen) atoms. The first kappa shape index (κ1) is 19.3. The second-order valence-corrected chi connectivity index (χ2v) is 6.71. The lowest BCUT2D eigenvalue weighted by molar-refractivity contribution is -0.127. The third-order valence-corrected chi connectivity index (χ3v) is 4.66. The first-order valence-corrected chi connectivity index (χ1v) is 8.80. The topological polar surface area (TPSA) is 104 Å². The van der Waals surface area contributed by atoms with Crippen LogP contribution in [0.4, 0.5) is 14.9 Å². The van der Waals surface area contributed by atoms with Crippen LogP contribution in [0.5, 0.6) is 0 Å². The number of carbonyl (C=O) groups excluding carboxylic acids is 3. The second-order valence-electron chi connectivity index (χ2n) is 5.72. The Morgan fingerprint density at radius 3 is 2.61 bits per heavy atom. The number of anilines is 1. The minimum absolute atomic E-state index is 0.0577. The highest BCUT2D eigenvalue weighted by Crippen LogP contribution is 2.32. The highest BCUT2D eigenvalue weighted by molar-refractivity contribution is 8.18. The van der Waals surface area contributed by atoms with E-state index in [9.17, 15) is 23.6 Å². The largest absolute Gasteiger partial charge is 0.478 e. The molecule has 0 spiro atoms. The van der Waals surface area contributed by atoms with Gasteiger partial charge in [-0.1, -0.05) is 24.3 Å². The van der Waals surface area contributed by atoms with Gasteiger partial charge in [0, 0.05) is 0 Å². The molecule has 0 aromatic heterocycles. The normalized spacial score (nSPS) is 15.2. The molecule has 0 aliphatic carbocycles. The number of halogens is 1. The van der Waals surface area contributed by atoms with E-state index in [1.54, 1.807) is 12.1 Å². The fourth-order valence-electron chi connectivity index (χ4n) is 2.50. The van der Waals surface area contributed by atoms with Crippen molar-refractivity contribution in [3.05, 3.63) is 70.4 Å². The van der Waals surface area contributed by atoms with E-state index in [4.69, 9.17) is 5.11 Å². The summed E-state index contributed by atoms with van der Waals surface area (Å²) in [5.41, 5.74) is 0.351. The summed E-state index contributed by atoms with van der Waals surface area (Å²) in [5, 5.41) is 10.9. The lowest BCUT2D eigenvalue weighted by Gasteiger charge is -2.13. The van der Waals surface area contributed by atoms with Gasteiger partial charge in [-0.05, 0) is 47.7 Å². The molecule has 1 saturated heterocycles. The number of carboxylic acid groups (broad SMARTS) is 1. The van der Waals surface area contributed by atoms with E-state index in [-0.39, 0.29) is 16.2 Å². The van der Waals surface area contributed by atoms with E-state index in [0.29, 0.717) is 17.3 Å². The molecule has 2 N–H and O–H groups in total. The van der Waals surface area contributed by atoms with Gasteiger partial charge in [0.2, 0.25) is 5.91 Å². The highest BCUT2D eigenvalue weighted by atomic mass is 32.2. The number of para-hydroxylation sites is 1. The minimum atomic E-state index is -1.22. The zero-order valence-corrected chi connectivity index (χ0v) is 15.0. The molecular formula is C19H13FN2O5S.